The van der Waals surface area contributed by atoms with Gasteiger partial charge in [-0.15, -0.1) is 0 Å². The fourth-order valence-corrected chi connectivity index (χ4v) is 1.13. The van der Waals surface area contributed by atoms with Crippen LogP contribution in [0.25, 0.3) is 0 Å². The van der Waals surface area contributed by atoms with Crippen molar-refractivity contribution in [3.8, 4) is 0 Å². The summed E-state index contributed by atoms with van der Waals surface area (Å²) in [6.45, 7) is -0.0456. The Bertz CT molecular complexity index is 385. The van der Waals surface area contributed by atoms with Crippen LogP contribution in [0.2, 0.25) is 0 Å². The average Bonchev–Trinajstić information content (AvgIpc) is 2.57. The van der Waals surface area contributed by atoms with E-state index in [1.54, 1.807) is 7.05 Å². The molecule has 0 saturated heterocycles. The Balaban J connectivity index is 2.85. The van der Waals surface area contributed by atoms with Crippen LogP contribution in [0.5, 0.6) is 0 Å². The van der Waals surface area contributed by atoms with Crippen LogP contribution in [0, 0.1) is 10.1 Å². The molecule has 0 radical (unpaired) electrons. The van der Waals surface area contributed by atoms with Gasteiger partial charge in [-0.25, -0.2) is 0 Å². The first-order valence-corrected chi connectivity index (χ1v) is 4.26. The third-order valence-electron chi connectivity index (χ3n) is 1.83. The van der Waals surface area contributed by atoms with Gasteiger partial charge in [0, 0.05) is 19.7 Å². The van der Waals surface area contributed by atoms with Gasteiger partial charge in [0.2, 0.25) is 0 Å². The normalized spacial score (nSPS) is 10.0. The van der Waals surface area contributed by atoms with Crippen molar-refractivity contribution in [1.29, 1.82) is 0 Å². The highest BCUT2D eigenvalue weighted by atomic mass is 16.6. The maximum Gasteiger partial charge on any atom is 0.287 e. The summed E-state index contributed by atoms with van der Waals surface area (Å²) >= 11 is 0. The van der Waals surface area contributed by atoms with E-state index in [2.05, 4.69) is 5.32 Å². The molecule has 1 rings (SSSR count). The van der Waals surface area contributed by atoms with E-state index in [4.69, 9.17) is 5.11 Å². The van der Waals surface area contributed by atoms with E-state index < -0.39 is 10.8 Å². The fraction of sp³-hybridized carbons (Fsp3) is 0.375. The predicted octanol–water partition coefficient (Wildman–Crippen LogP) is -0.345. The Morgan fingerprint density at radius 2 is 2.40 bits per heavy atom. The van der Waals surface area contributed by atoms with Crippen LogP contribution in [0.15, 0.2) is 12.3 Å². The number of amides is 1. The lowest BCUT2D eigenvalue weighted by Gasteiger charge is -2.02. The molecule has 0 saturated carbocycles. The molecule has 0 atom stereocenters. The quantitative estimate of drug-likeness (QED) is 0.528. The van der Waals surface area contributed by atoms with Gasteiger partial charge in [-0.05, 0) is 0 Å². The van der Waals surface area contributed by atoms with E-state index in [9.17, 15) is 14.9 Å². The molecule has 0 aliphatic heterocycles. The monoisotopic (exact) mass is 213 g/mol. The molecular formula is C8H11N3O4. The Morgan fingerprint density at radius 3 is 2.87 bits per heavy atom. The molecule has 82 valence electrons. The number of aromatic nitrogens is 1. The van der Waals surface area contributed by atoms with Gasteiger partial charge in [0.15, 0.2) is 0 Å². The standard InChI is InChI=1S/C8H11N3O4/c1-10-5-6(11(14)15)4-7(10)8(13)9-2-3-12/h4-5,12H,2-3H2,1H3,(H,9,13). The van der Waals surface area contributed by atoms with Gasteiger partial charge in [0.1, 0.15) is 5.69 Å². The highest BCUT2D eigenvalue weighted by molar-refractivity contribution is 5.93. The predicted molar refractivity (Wildman–Crippen MR) is 51.5 cm³/mol. The Labute approximate surface area is 85.5 Å². The lowest BCUT2D eigenvalue weighted by atomic mass is 10.4. The minimum Gasteiger partial charge on any atom is -0.395 e. The van der Waals surface area contributed by atoms with Crippen molar-refractivity contribution in [2.75, 3.05) is 13.2 Å². The van der Waals surface area contributed by atoms with Crippen molar-refractivity contribution in [2.45, 2.75) is 0 Å². The first kappa shape index (κ1) is 11.2. The SMILES string of the molecule is Cn1cc([N+](=O)[O-])cc1C(=O)NCCO. The number of aryl methyl sites for hydroxylation is 1. The largest absolute Gasteiger partial charge is 0.395 e. The molecular weight excluding hydrogens is 202 g/mol. The van der Waals surface area contributed by atoms with Gasteiger partial charge < -0.3 is 15.0 Å². The lowest BCUT2D eigenvalue weighted by Crippen LogP contribution is -2.27. The van der Waals surface area contributed by atoms with Crippen molar-refractivity contribution >= 4 is 11.6 Å². The summed E-state index contributed by atoms with van der Waals surface area (Å²) in [7, 11) is 1.54. The number of carbonyl (C=O) groups is 1. The van der Waals surface area contributed by atoms with E-state index in [1.165, 1.54) is 16.8 Å². The minimum absolute atomic E-state index is 0.123. The molecule has 7 nitrogen and oxygen atoms in total. The van der Waals surface area contributed by atoms with Gasteiger partial charge in [0.25, 0.3) is 11.6 Å². The van der Waals surface area contributed by atoms with Gasteiger partial charge in [0.05, 0.1) is 17.7 Å². The molecule has 0 aliphatic rings. The maximum absolute atomic E-state index is 11.4. The van der Waals surface area contributed by atoms with Crippen molar-refractivity contribution in [3.63, 3.8) is 0 Å². The number of nitrogens with zero attached hydrogens (tertiary/aromatic N) is 2. The van der Waals surface area contributed by atoms with Gasteiger partial charge in [-0.1, -0.05) is 0 Å². The van der Waals surface area contributed by atoms with Gasteiger partial charge >= 0.3 is 0 Å². The Kier molecular flexibility index (Phi) is 3.40. The zero-order valence-electron chi connectivity index (χ0n) is 8.14. The molecule has 2 N–H and O–H groups in total. The highest BCUT2D eigenvalue weighted by Crippen LogP contribution is 2.14. The van der Waals surface area contributed by atoms with Crippen molar-refractivity contribution in [3.05, 3.63) is 28.1 Å². The van der Waals surface area contributed by atoms with Crippen LogP contribution >= 0.6 is 0 Å². The molecule has 0 spiro atoms. The van der Waals surface area contributed by atoms with E-state index in [1.807, 2.05) is 0 Å². The molecule has 1 aromatic heterocycles. The summed E-state index contributed by atoms with van der Waals surface area (Å²) in [5.41, 5.74) is 0.0572. The van der Waals surface area contributed by atoms with Crippen LogP contribution in [0.4, 0.5) is 5.69 Å². The van der Waals surface area contributed by atoms with E-state index in [0.717, 1.165) is 0 Å². The van der Waals surface area contributed by atoms with Crippen LogP contribution in [0.1, 0.15) is 10.5 Å². The molecule has 1 heterocycles. The molecule has 1 aromatic rings. The number of hydrogen-bond donors (Lipinski definition) is 2. The molecule has 7 heteroatoms. The zero-order valence-corrected chi connectivity index (χ0v) is 8.14. The van der Waals surface area contributed by atoms with E-state index in [-0.39, 0.29) is 24.5 Å². The first-order valence-electron chi connectivity index (χ1n) is 4.26. The molecule has 0 aliphatic carbocycles. The summed E-state index contributed by atoms with van der Waals surface area (Å²) in [6.07, 6.45) is 1.26. The smallest absolute Gasteiger partial charge is 0.287 e. The van der Waals surface area contributed by atoms with Crippen LogP contribution in [0.3, 0.4) is 0 Å². The second-order valence-electron chi connectivity index (χ2n) is 2.93. The van der Waals surface area contributed by atoms with E-state index in [0.29, 0.717) is 0 Å². The van der Waals surface area contributed by atoms with Crippen LogP contribution in [-0.4, -0.2) is 33.7 Å². The van der Waals surface area contributed by atoms with Crippen molar-refractivity contribution < 1.29 is 14.8 Å². The summed E-state index contributed by atoms with van der Waals surface area (Å²) in [5, 5.41) is 21.3. The second-order valence-corrected chi connectivity index (χ2v) is 2.93. The zero-order chi connectivity index (χ0) is 11.4. The summed E-state index contributed by atoms with van der Waals surface area (Å²) < 4.78 is 1.37. The molecule has 0 fully saturated rings. The number of aliphatic hydroxyl groups is 1. The number of nitro groups is 1. The third-order valence-corrected chi connectivity index (χ3v) is 1.83. The maximum atomic E-state index is 11.4. The average molecular weight is 213 g/mol. The number of nitrogens with one attached hydrogen (secondary N) is 1. The molecule has 0 aromatic carbocycles. The lowest BCUT2D eigenvalue weighted by molar-refractivity contribution is -0.384. The molecule has 0 bridgehead atoms. The second kappa shape index (κ2) is 4.56. The number of aliphatic hydroxyl groups excluding tert-OH is 1. The molecule has 0 unspecified atom stereocenters. The van der Waals surface area contributed by atoms with Crippen molar-refractivity contribution in [1.82, 2.24) is 9.88 Å². The summed E-state index contributed by atoms with van der Waals surface area (Å²) in [5.74, 6) is -0.445. The van der Waals surface area contributed by atoms with Crippen molar-refractivity contribution in [2.24, 2.45) is 7.05 Å². The van der Waals surface area contributed by atoms with Crippen LogP contribution < -0.4 is 5.32 Å². The van der Waals surface area contributed by atoms with Gasteiger partial charge in [-0.3, -0.25) is 14.9 Å². The fourth-order valence-electron chi connectivity index (χ4n) is 1.13. The molecule has 15 heavy (non-hydrogen) atoms. The minimum atomic E-state index is -0.567. The Hall–Kier alpha value is -1.89. The summed E-state index contributed by atoms with van der Waals surface area (Å²) in [4.78, 5) is 21.3. The Morgan fingerprint density at radius 1 is 1.73 bits per heavy atom. The third kappa shape index (κ3) is 2.53. The van der Waals surface area contributed by atoms with Gasteiger partial charge in [-0.2, -0.15) is 0 Å². The topological polar surface area (TPSA) is 97.4 Å². The number of rotatable bonds is 4. The molecule has 1 amide bonds. The summed E-state index contributed by atoms with van der Waals surface area (Å²) in [6, 6.07) is 1.19. The van der Waals surface area contributed by atoms with E-state index >= 15 is 0 Å². The first-order chi connectivity index (χ1) is 7.06. The number of hydrogen-bond acceptors (Lipinski definition) is 4. The number of carbonyl (C=O) groups excluding carboxylic acids is 1. The highest BCUT2D eigenvalue weighted by Gasteiger charge is 2.16. The van der Waals surface area contributed by atoms with Crippen LogP contribution in [-0.2, 0) is 7.05 Å².